The van der Waals surface area contributed by atoms with Crippen molar-refractivity contribution in [1.82, 2.24) is 19.7 Å². The Labute approximate surface area is 229 Å². The van der Waals surface area contributed by atoms with Crippen LogP contribution in [0, 0.1) is 5.82 Å². The highest BCUT2D eigenvalue weighted by molar-refractivity contribution is 6.02. The van der Waals surface area contributed by atoms with Gasteiger partial charge in [-0.25, -0.2) is 14.2 Å². The van der Waals surface area contributed by atoms with Gasteiger partial charge in [0, 0.05) is 54.6 Å². The van der Waals surface area contributed by atoms with E-state index in [-0.39, 0.29) is 23.4 Å². The SMILES string of the molecule is CC(=O)Nc1cc(Oc2ccc(NC(=O)Nc3cn(C(C)C)nc3-c3ccc4ncccc4c3)c(F)c2)ccn1. The van der Waals surface area contributed by atoms with Crippen molar-refractivity contribution in [3.05, 3.63) is 85.1 Å². The van der Waals surface area contributed by atoms with E-state index < -0.39 is 11.8 Å². The van der Waals surface area contributed by atoms with E-state index in [9.17, 15) is 14.0 Å². The number of nitrogens with one attached hydrogen (secondary N) is 3. The van der Waals surface area contributed by atoms with Crippen molar-refractivity contribution in [3.8, 4) is 22.8 Å². The lowest BCUT2D eigenvalue weighted by molar-refractivity contribution is -0.114. The van der Waals surface area contributed by atoms with Gasteiger partial charge >= 0.3 is 6.03 Å². The molecule has 2 aromatic carbocycles. The van der Waals surface area contributed by atoms with Crippen LogP contribution in [0.2, 0.25) is 0 Å². The lowest BCUT2D eigenvalue weighted by Gasteiger charge is -2.11. The number of amides is 3. The number of hydrogen-bond donors (Lipinski definition) is 3. The average molecular weight is 540 g/mol. The quantitative estimate of drug-likeness (QED) is 0.214. The van der Waals surface area contributed by atoms with E-state index >= 15 is 0 Å². The monoisotopic (exact) mass is 539 g/mol. The van der Waals surface area contributed by atoms with Crippen LogP contribution in [-0.4, -0.2) is 31.7 Å². The number of anilines is 3. The smallest absolute Gasteiger partial charge is 0.323 e. The van der Waals surface area contributed by atoms with Crippen molar-refractivity contribution in [3.63, 3.8) is 0 Å². The fourth-order valence-electron chi connectivity index (χ4n) is 3.98. The second-order valence-corrected chi connectivity index (χ2v) is 9.26. The summed E-state index contributed by atoms with van der Waals surface area (Å²) < 4.78 is 22.3. The van der Waals surface area contributed by atoms with Crippen molar-refractivity contribution in [2.75, 3.05) is 16.0 Å². The van der Waals surface area contributed by atoms with Crippen LogP contribution < -0.4 is 20.7 Å². The van der Waals surface area contributed by atoms with Crippen molar-refractivity contribution < 1.29 is 18.7 Å². The summed E-state index contributed by atoms with van der Waals surface area (Å²) in [6, 6.07) is 16.1. The maximum atomic E-state index is 14.9. The summed E-state index contributed by atoms with van der Waals surface area (Å²) in [4.78, 5) is 32.5. The van der Waals surface area contributed by atoms with E-state index in [1.165, 1.54) is 31.3 Å². The molecule has 3 heterocycles. The van der Waals surface area contributed by atoms with Gasteiger partial charge in [-0.2, -0.15) is 5.10 Å². The molecule has 3 N–H and O–H groups in total. The van der Waals surface area contributed by atoms with Gasteiger partial charge in [0.05, 0.1) is 16.9 Å². The van der Waals surface area contributed by atoms with E-state index in [1.54, 1.807) is 23.1 Å². The molecular weight excluding hydrogens is 513 g/mol. The van der Waals surface area contributed by atoms with Gasteiger partial charge in [-0.15, -0.1) is 0 Å². The molecule has 0 bridgehead atoms. The summed E-state index contributed by atoms with van der Waals surface area (Å²) in [7, 11) is 0. The van der Waals surface area contributed by atoms with Crippen molar-refractivity contribution in [1.29, 1.82) is 0 Å². The van der Waals surface area contributed by atoms with Gasteiger partial charge in [-0.05, 0) is 50.2 Å². The third-order valence-corrected chi connectivity index (χ3v) is 5.85. The molecule has 3 amide bonds. The van der Waals surface area contributed by atoms with E-state index in [2.05, 4.69) is 31.0 Å². The molecule has 0 atom stereocenters. The zero-order valence-electron chi connectivity index (χ0n) is 22.0. The number of pyridine rings is 2. The van der Waals surface area contributed by atoms with Gasteiger partial charge in [0.25, 0.3) is 0 Å². The highest BCUT2D eigenvalue weighted by Crippen LogP contribution is 2.31. The number of nitrogens with zero attached hydrogens (tertiary/aromatic N) is 4. The van der Waals surface area contributed by atoms with Crippen molar-refractivity contribution in [2.45, 2.75) is 26.8 Å². The fourth-order valence-corrected chi connectivity index (χ4v) is 3.98. The summed E-state index contributed by atoms with van der Waals surface area (Å²) in [6.45, 7) is 5.33. The molecule has 0 spiro atoms. The highest BCUT2D eigenvalue weighted by atomic mass is 19.1. The minimum Gasteiger partial charge on any atom is -0.457 e. The maximum Gasteiger partial charge on any atom is 0.323 e. The molecule has 0 saturated heterocycles. The Morgan fingerprint density at radius 1 is 0.900 bits per heavy atom. The van der Waals surface area contributed by atoms with E-state index in [0.29, 0.717) is 22.9 Å². The molecule has 0 radical (unpaired) electrons. The molecule has 0 fully saturated rings. The highest BCUT2D eigenvalue weighted by Gasteiger charge is 2.17. The largest absolute Gasteiger partial charge is 0.457 e. The minimum atomic E-state index is -0.691. The first-order valence-electron chi connectivity index (χ1n) is 12.5. The van der Waals surface area contributed by atoms with Crippen molar-refractivity contribution in [2.24, 2.45) is 0 Å². The molecule has 11 heteroatoms. The van der Waals surface area contributed by atoms with Gasteiger partial charge in [0.2, 0.25) is 5.91 Å². The molecule has 0 aliphatic rings. The maximum absolute atomic E-state index is 14.9. The number of rotatable bonds is 7. The minimum absolute atomic E-state index is 0.0342. The molecule has 0 saturated carbocycles. The van der Waals surface area contributed by atoms with Crippen molar-refractivity contribution >= 4 is 40.0 Å². The number of benzene rings is 2. The Kier molecular flexibility index (Phi) is 7.36. The summed E-state index contributed by atoms with van der Waals surface area (Å²) in [6.07, 6.45) is 4.93. The number of carbonyl (C=O) groups excluding carboxylic acids is 2. The normalized spacial score (nSPS) is 10.9. The lowest BCUT2D eigenvalue weighted by atomic mass is 10.1. The predicted octanol–water partition coefficient (Wildman–Crippen LogP) is 6.61. The molecular formula is C29H26FN7O3. The molecule has 0 aliphatic heterocycles. The molecule has 202 valence electrons. The zero-order valence-corrected chi connectivity index (χ0v) is 22.0. The Morgan fingerprint density at radius 3 is 2.48 bits per heavy atom. The van der Waals surface area contributed by atoms with Crippen LogP contribution in [0.4, 0.5) is 26.4 Å². The van der Waals surface area contributed by atoms with Crippen LogP contribution in [0.5, 0.6) is 11.5 Å². The number of ether oxygens (including phenoxy) is 1. The molecule has 40 heavy (non-hydrogen) atoms. The summed E-state index contributed by atoms with van der Waals surface area (Å²) >= 11 is 0. The molecule has 5 rings (SSSR count). The first-order valence-corrected chi connectivity index (χ1v) is 12.5. The Morgan fingerprint density at radius 2 is 1.70 bits per heavy atom. The molecule has 0 unspecified atom stereocenters. The second kappa shape index (κ2) is 11.2. The van der Waals surface area contributed by atoms with Gasteiger partial charge in [0.15, 0.2) is 0 Å². The van der Waals surface area contributed by atoms with Crippen LogP contribution in [0.1, 0.15) is 26.8 Å². The van der Waals surface area contributed by atoms with Gasteiger partial charge in [0.1, 0.15) is 28.8 Å². The molecule has 5 aromatic rings. The summed E-state index contributed by atoms with van der Waals surface area (Å²) in [5.41, 5.74) is 2.67. The second-order valence-electron chi connectivity index (χ2n) is 9.26. The molecule has 3 aromatic heterocycles. The number of aromatic nitrogens is 4. The fraction of sp³-hybridized carbons (Fsp3) is 0.138. The number of hydrogen-bond acceptors (Lipinski definition) is 6. The van der Waals surface area contributed by atoms with E-state index in [4.69, 9.17) is 4.74 Å². The first-order chi connectivity index (χ1) is 19.2. The number of fused-ring (bicyclic) bond motifs is 1. The number of halogens is 1. The molecule has 10 nitrogen and oxygen atoms in total. The first kappa shape index (κ1) is 26.3. The summed E-state index contributed by atoms with van der Waals surface area (Å²) in [5.74, 6) is -0.0991. The average Bonchev–Trinajstić information content (AvgIpc) is 3.34. The van der Waals surface area contributed by atoms with Crippen LogP contribution in [0.3, 0.4) is 0 Å². The van der Waals surface area contributed by atoms with Crippen LogP contribution in [0.15, 0.2) is 79.3 Å². The van der Waals surface area contributed by atoms with Crippen LogP contribution in [0.25, 0.3) is 22.2 Å². The van der Waals surface area contributed by atoms with E-state index in [1.807, 2.05) is 44.2 Å². The van der Waals surface area contributed by atoms with Crippen LogP contribution in [-0.2, 0) is 4.79 Å². The third-order valence-electron chi connectivity index (χ3n) is 5.85. The van der Waals surface area contributed by atoms with Gasteiger partial charge in [-0.3, -0.25) is 14.5 Å². The Bertz CT molecular complexity index is 1720. The van der Waals surface area contributed by atoms with E-state index in [0.717, 1.165) is 22.5 Å². The Hall–Kier alpha value is -5.32. The van der Waals surface area contributed by atoms with Gasteiger partial charge < -0.3 is 20.7 Å². The number of carbonyl (C=O) groups is 2. The topological polar surface area (TPSA) is 123 Å². The Balaban J connectivity index is 1.32. The third kappa shape index (κ3) is 6.04. The van der Waals surface area contributed by atoms with Gasteiger partial charge in [-0.1, -0.05) is 12.1 Å². The predicted molar refractivity (Wildman–Crippen MR) is 151 cm³/mol. The van der Waals surface area contributed by atoms with Crippen LogP contribution >= 0.6 is 0 Å². The summed E-state index contributed by atoms with van der Waals surface area (Å²) in [5, 5.41) is 13.5. The molecule has 0 aliphatic carbocycles. The zero-order chi connectivity index (χ0) is 28.2. The number of urea groups is 1. The standard InChI is InChI=1S/C29H26FN7O3/c1-17(2)37-16-26(28(36-37)20-6-8-24-19(13-20)5-4-11-31-24)35-29(39)34-25-9-7-21(14-23(25)30)40-22-10-12-32-27(15-22)33-18(3)38/h4-17H,1-3H3,(H,32,33,38)(H2,34,35,39). The lowest BCUT2D eigenvalue weighted by Crippen LogP contribution is -2.20.